The molecule has 1 aliphatic carbocycles. The van der Waals surface area contributed by atoms with Crippen LogP contribution in [-0.4, -0.2) is 30.1 Å². The molecule has 0 unspecified atom stereocenters. The Kier molecular flexibility index (Phi) is 5.60. The minimum Gasteiger partial charge on any atom is -0.497 e. The monoisotopic (exact) mass is 461 g/mol. The third kappa shape index (κ3) is 3.98. The van der Waals surface area contributed by atoms with Crippen molar-refractivity contribution < 1.29 is 14.3 Å². The Bertz CT molecular complexity index is 1330. The molecule has 7 nitrogen and oxygen atoms in total. The molecule has 8 heteroatoms. The van der Waals surface area contributed by atoms with E-state index in [0.29, 0.717) is 10.2 Å². The zero-order chi connectivity index (χ0) is 22.9. The van der Waals surface area contributed by atoms with Crippen LogP contribution in [0.1, 0.15) is 44.6 Å². The Morgan fingerprint density at radius 3 is 2.18 bits per heavy atom. The molecule has 0 spiro atoms. The van der Waals surface area contributed by atoms with E-state index in [4.69, 9.17) is 9.47 Å². The van der Waals surface area contributed by atoms with E-state index in [9.17, 15) is 9.59 Å². The number of aryl methyl sites for hydroxylation is 2. The van der Waals surface area contributed by atoms with Crippen LogP contribution in [0.5, 0.6) is 11.5 Å². The highest BCUT2D eigenvalue weighted by molar-refractivity contribution is 7.18. The first kappa shape index (κ1) is 21.2. The zero-order valence-electron chi connectivity index (χ0n) is 18.3. The van der Waals surface area contributed by atoms with Crippen LogP contribution in [0.4, 0.5) is 0 Å². The molecule has 0 bridgehead atoms. The van der Waals surface area contributed by atoms with Crippen molar-refractivity contribution >= 4 is 27.5 Å². The lowest BCUT2D eigenvalue weighted by Crippen LogP contribution is -2.32. The molecule has 168 valence electrons. The molecular weight excluding hydrogens is 438 g/mol. The maximum absolute atomic E-state index is 13.2. The summed E-state index contributed by atoms with van der Waals surface area (Å²) in [5, 5.41) is 3.66. The molecule has 0 saturated carbocycles. The van der Waals surface area contributed by atoms with Crippen LogP contribution in [0.3, 0.4) is 0 Å². The number of amides is 1. The molecule has 2 aromatic heterocycles. The maximum atomic E-state index is 13.2. The van der Waals surface area contributed by atoms with E-state index >= 15 is 0 Å². The van der Waals surface area contributed by atoms with E-state index in [1.54, 1.807) is 14.2 Å². The number of benzene rings is 2. The number of aromatic amines is 1. The van der Waals surface area contributed by atoms with Crippen LogP contribution in [0, 0.1) is 0 Å². The van der Waals surface area contributed by atoms with Gasteiger partial charge in [0.15, 0.2) is 0 Å². The number of hydrogen-bond acceptors (Lipinski definition) is 6. The number of carbonyl (C=O) groups is 1. The number of methoxy groups -OCH3 is 2. The highest BCUT2D eigenvalue weighted by atomic mass is 32.1. The fourth-order valence-corrected chi connectivity index (χ4v) is 5.52. The number of fused-ring (bicyclic) bond motifs is 3. The third-order valence-electron chi connectivity index (χ3n) is 5.96. The largest absolute Gasteiger partial charge is 0.497 e. The molecule has 5 rings (SSSR count). The fraction of sp³-hybridized carbons (Fsp3) is 0.240. The van der Waals surface area contributed by atoms with Crippen LogP contribution in [0.2, 0.25) is 0 Å². The van der Waals surface area contributed by atoms with E-state index in [2.05, 4.69) is 15.3 Å². The summed E-state index contributed by atoms with van der Waals surface area (Å²) < 4.78 is 10.5. The topological polar surface area (TPSA) is 93.3 Å². The number of nitrogens with one attached hydrogen (secondary N) is 2. The summed E-state index contributed by atoms with van der Waals surface area (Å²) >= 11 is 1.51. The first-order chi connectivity index (χ1) is 16.1. The van der Waals surface area contributed by atoms with Crippen molar-refractivity contribution in [2.75, 3.05) is 14.2 Å². The summed E-state index contributed by atoms with van der Waals surface area (Å²) in [5.41, 5.74) is 2.57. The summed E-state index contributed by atoms with van der Waals surface area (Å²) in [6.45, 7) is 0. The summed E-state index contributed by atoms with van der Waals surface area (Å²) in [5.74, 6) is 1.01. The first-order valence-corrected chi connectivity index (χ1v) is 11.5. The second kappa shape index (κ2) is 8.71. The third-order valence-corrected chi connectivity index (χ3v) is 7.15. The van der Waals surface area contributed by atoms with Crippen molar-refractivity contribution in [1.29, 1.82) is 0 Å². The van der Waals surface area contributed by atoms with Gasteiger partial charge in [0.05, 0.1) is 25.6 Å². The second-order valence-corrected chi connectivity index (χ2v) is 8.99. The van der Waals surface area contributed by atoms with Gasteiger partial charge < -0.3 is 19.8 Å². The Hall–Kier alpha value is -3.65. The quantitative estimate of drug-likeness (QED) is 0.453. The summed E-state index contributed by atoms with van der Waals surface area (Å²) in [6, 6.07) is 14.5. The predicted octanol–water partition coefficient (Wildman–Crippen LogP) is 4.01. The van der Waals surface area contributed by atoms with E-state index < -0.39 is 11.9 Å². The normalized spacial score (nSPS) is 12.7. The van der Waals surface area contributed by atoms with Gasteiger partial charge in [-0.15, -0.1) is 11.3 Å². The smallest absolute Gasteiger partial charge is 0.287 e. The van der Waals surface area contributed by atoms with Crippen LogP contribution in [-0.2, 0) is 12.8 Å². The predicted molar refractivity (Wildman–Crippen MR) is 128 cm³/mol. The lowest BCUT2D eigenvalue weighted by atomic mass is 9.98. The van der Waals surface area contributed by atoms with Gasteiger partial charge in [-0.05, 0) is 60.2 Å². The molecule has 0 atom stereocenters. The molecule has 0 fully saturated rings. The average molecular weight is 462 g/mol. The van der Waals surface area contributed by atoms with E-state index in [1.807, 2.05) is 48.5 Å². The van der Waals surface area contributed by atoms with E-state index in [0.717, 1.165) is 47.5 Å². The molecule has 0 saturated heterocycles. The highest BCUT2D eigenvalue weighted by Crippen LogP contribution is 2.34. The number of rotatable bonds is 6. The molecule has 1 aliphatic rings. The summed E-state index contributed by atoms with van der Waals surface area (Å²) in [7, 11) is 3.21. The van der Waals surface area contributed by atoms with Crippen molar-refractivity contribution in [3.8, 4) is 11.5 Å². The van der Waals surface area contributed by atoms with Crippen LogP contribution in [0.25, 0.3) is 10.2 Å². The van der Waals surface area contributed by atoms with Crippen molar-refractivity contribution in [3.63, 3.8) is 0 Å². The lowest BCUT2D eigenvalue weighted by Gasteiger charge is -2.20. The van der Waals surface area contributed by atoms with Crippen molar-refractivity contribution in [1.82, 2.24) is 15.3 Å². The Labute approximate surface area is 194 Å². The van der Waals surface area contributed by atoms with Crippen molar-refractivity contribution in [3.05, 3.63) is 86.3 Å². The van der Waals surface area contributed by atoms with Gasteiger partial charge in [-0.25, -0.2) is 4.98 Å². The molecule has 1 amide bonds. The van der Waals surface area contributed by atoms with Crippen LogP contribution < -0.4 is 20.3 Å². The van der Waals surface area contributed by atoms with Gasteiger partial charge >= 0.3 is 0 Å². The molecule has 2 heterocycles. The SMILES string of the molecule is COc1ccc(C(NC(=O)c2nc3sc4c(c3c(=O)[nH]2)CCC4)c2ccc(OC)cc2)cc1. The first-order valence-electron chi connectivity index (χ1n) is 10.7. The minimum absolute atomic E-state index is 0.0134. The Morgan fingerprint density at radius 1 is 1.00 bits per heavy atom. The number of ether oxygens (including phenoxy) is 2. The lowest BCUT2D eigenvalue weighted by molar-refractivity contribution is 0.0932. The van der Waals surface area contributed by atoms with Crippen LogP contribution >= 0.6 is 11.3 Å². The van der Waals surface area contributed by atoms with E-state index in [1.165, 1.54) is 16.2 Å². The van der Waals surface area contributed by atoms with Gasteiger partial charge in [-0.3, -0.25) is 9.59 Å². The van der Waals surface area contributed by atoms with Gasteiger partial charge in [0.1, 0.15) is 16.3 Å². The maximum Gasteiger partial charge on any atom is 0.287 e. The second-order valence-electron chi connectivity index (χ2n) is 7.90. The number of thiophene rings is 1. The highest BCUT2D eigenvalue weighted by Gasteiger charge is 2.24. The van der Waals surface area contributed by atoms with Gasteiger partial charge in [-0.2, -0.15) is 0 Å². The molecule has 0 radical (unpaired) electrons. The molecule has 33 heavy (non-hydrogen) atoms. The standard InChI is InChI=1S/C25H23N3O4S/c1-31-16-10-6-14(7-11-16)21(15-8-12-17(32-2)13-9-15)26-24(30)22-27-23(29)20-18-4-3-5-19(18)33-25(20)28-22/h6-13,21H,3-5H2,1-2H3,(H,26,30)(H,27,28,29). The molecular formula is C25H23N3O4S. The number of carbonyl (C=O) groups excluding carboxylic acids is 1. The van der Waals surface area contributed by atoms with Crippen molar-refractivity contribution in [2.24, 2.45) is 0 Å². The molecule has 4 aromatic rings. The van der Waals surface area contributed by atoms with Crippen LogP contribution in [0.15, 0.2) is 53.3 Å². The van der Waals surface area contributed by atoms with Gasteiger partial charge in [0, 0.05) is 4.88 Å². The minimum atomic E-state index is -0.455. The van der Waals surface area contributed by atoms with Gasteiger partial charge in [-0.1, -0.05) is 24.3 Å². The van der Waals surface area contributed by atoms with Gasteiger partial charge in [0.2, 0.25) is 5.82 Å². The summed E-state index contributed by atoms with van der Waals surface area (Å²) in [4.78, 5) is 35.1. The average Bonchev–Trinajstić information content (AvgIpc) is 3.44. The number of hydrogen-bond donors (Lipinski definition) is 2. The number of nitrogens with zero attached hydrogens (tertiary/aromatic N) is 1. The zero-order valence-corrected chi connectivity index (χ0v) is 19.1. The number of aromatic nitrogens is 2. The van der Waals surface area contributed by atoms with Gasteiger partial charge in [0.25, 0.3) is 11.5 Å². The summed E-state index contributed by atoms with van der Waals surface area (Å²) in [6.07, 6.45) is 2.92. The Balaban J connectivity index is 1.50. The number of H-pyrrole nitrogens is 1. The fourth-order valence-electron chi connectivity index (χ4n) is 4.26. The molecule has 2 aromatic carbocycles. The Morgan fingerprint density at radius 2 is 1.61 bits per heavy atom. The van der Waals surface area contributed by atoms with E-state index in [-0.39, 0.29) is 11.4 Å². The molecule has 0 aliphatic heterocycles. The van der Waals surface area contributed by atoms with Crippen molar-refractivity contribution in [2.45, 2.75) is 25.3 Å². The molecule has 2 N–H and O–H groups in total.